The van der Waals surface area contributed by atoms with Gasteiger partial charge in [-0.1, -0.05) is 54.4 Å². The summed E-state index contributed by atoms with van der Waals surface area (Å²) in [6, 6.07) is 6.92. The van der Waals surface area contributed by atoms with Gasteiger partial charge in [-0.3, -0.25) is 0 Å². The number of hydrogen-bond acceptors (Lipinski definition) is 1. The summed E-state index contributed by atoms with van der Waals surface area (Å²) in [5.74, 6) is 0.576. The second-order valence-electron chi connectivity index (χ2n) is 5.82. The number of rotatable bonds is 5. The zero-order valence-electron chi connectivity index (χ0n) is 12.0. The molecule has 3 heteroatoms. The quantitative estimate of drug-likeness (QED) is 0.756. The van der Waals surface area contributed by atoms with Gasteiger partial charge in [0.15, 0.2) is 0 Å². The topological polar surface area (TPSA) is 12.0 Å². The van der Waals surface area contributed by atoms with E-state index in [4.69, 9.17) is 11.6 Å². The van der Waals surface area contributed by atoms with Crippen LogP contribution in [-0.4, -0.2) is 12.6 Å². The van der Waals surface area contributed by atoms with Gasteiger partial charge in [-0.2, -0.15) is 0 Å². The van der Waals surface area contributed by atoms with E-state index in [1.165, 1.54) is 24.8 Å². The van der Waals surface area contributed by atoms with Gasteiger partial charge in [-0.05, 0) is 54.8 Å². The van der Waals surface area contributed by atoms with Crippen LogP contribution >= 0.6 is 27.5 Å². The Kier molecular flexibility index (Phi) is 4.97. The van der Waals surface area contributed by atoms with Gasteiger partial charge in [0, 0.05) is 15.5 Å². The van der Waals surface area contributed by atoms with Gasteiger partial charge >= 0.3 is 0 Å². The number of nitrogens with one attached hydrogen (secondary N) is 1. The van der Waals surface area contributed by atoms with E-state index in [1.54, 1.807) is 0 Å². The van der Waals surface area contributed by atoms with Crippen LogP contribution in [0, 0.1) is 5.41 Å². The Morgan fingerprint density at radius 2 is 2.16 bits per heavy atom. The molecule has 0 bridgehead atoms. The molecule has 1 aromatic rings. The molecule has 1 aliphatic carbocycles. The van der Waals surface area contributed by atoms with E-state index in [9.17, 15) is 0 Å². The predicted molar refractivity (Wildman–Crippen MR) is 87.0 cm³/mol. The standard InChI is InChI=1S/C16H23BrClN/c1-4-8-19-15-10-13(16(15,3)5-2)12-7-6-11(17)9-14(12)18/h6-7,9,13,15,19H,4-5,8,10H2,1-3H3. The molecule has 1 fully saturated rings. The zero-order chi connectivity index (χ0) is 14.0. The van der Waals surface area contributed by atoms with E-state index in [2.05, 4.69) is 54.2 Å². The van der Waals surface area contributed by atoms with Crippen LogP contribution in [0.15, 0.2) is 22.7 Å². The summed E-state index contributed by atoms with van der Waals surface area (Å²) in [5.41, 5.74) is 1.64. The summed E-state index contributed by atoms with van der Waals surface area (Å²) in [7, 11) is 0. The lowest BCUT2D eigenvalue weighted by Crippen LogP contribution is -2.56. The van der Waals surface area contributed by atoms with Crippen molar-refractivity contribution < 1.29 is 0 Å². The van der Waals surface area contributed by atoms with Crippen molar-refractivity contribution in [2.75, 3.05) is 6.54 Å². The molecule has 0 saturated heterocycles. The summed E-state index contributed by atoms with van der Waals surface area (Å²) in [5, 5.41) is 4.58. The molecule has 1 aromatic carbocycles. The molecule has 19 heavy (non-hydrogen) atoms. The minimum Gasteiger partial charge on any atom is -0.313 e. The maximum absolute atomic E-state index is 6.42. The van der Waals surface area contributed by atoms with E-state index in [1.807, 2.05) is 6.07 Å². The molecule has 0 amide bonds. The lowest BCUT2D eigenvalue weighted by Gasteiger charge is -2.55. The van der Waals surface area contributed by atoms with Crippen molar-refractivity contribution >= 4 is 27.5 Å². The van der Waals surface area contributed by atoms with E-state index in [0.717, 1.165) is 16.0 Å². The normalized spacial score (nSPS) is 30.2. The van der Waals surface area contributed by atoms with Gasteiger partial charge in [0.05, 0.1) is 0 Å². The first kappa shape index (κ1) is 15.3. The second-order valence-corrected chi connectivity index (χ2v) is 7.14. The smallest absolute Gasteiger partial charge is 0.0452 e. The van der Waals surface area contributed by atoms with E-state index in [-0.39, 0.29) is 0 Å². The fraction of sp³-hybridized carbons (Fsp3) is 0.625. The first-order valence-electron chi connectivity index (χ1n) is 7.21. The lowest BCUT2D eigenvalue weighted by molar-refractivity contribution is 0.0446. The van der Waals surface area contributed by atoms with Crippen LogP contribution in [-0.2, 0) is 0 Å². The highest BCUT2D eigenvalue weighted by atomic mass is 79.9. The van der Waals surface area contributed by atoms with Crippen molar-refractivity contribution in [3.63, 3.8) is 0 Å². The van der Waals surface area contributed by atoms with Crippen LogP contribution in [0.1, 0.15) is 51.5 Å². The van der Waals surface area contributed by atoms with Gasteiger partial charge in [0.25, 0.3) is 0 Å². The van der Waals surface area contributed by atoms with E-state index >= 15 is 0 Å². The molecule has 0 spiro atoms. The Bertz CT molecular complexity index is 448. The highest BCUT2D eigenvalue weighted by Gasteiger charge is 2.50. The first-order chi connectivity index (χ1) is 9.02. The van der Waals surface area contributed by atoms with Gasteiger partial charge in [-0.25, -0.2) is 0 Å². The van der Waals surface area contributed by atoms with Crippen molar-refractivity contribution in [1.29, 1.82) is 0 Å². The SMILES string of the molecule is CCCNC1CC(c2ccc(Br)cc2Cl)C1(C)CC. The summed E-state index contributed by atoms with van der Waals surface area (Å²) in [6.45, 7) is 8.02. The predicted octanol–water partition coefficient (Wildman–Crippen LogP) is 5.37. The summed E-state index contributed by atoms with van der Waals surface area (Å²) in [4.78, 5) is 0. The largest absolute Gasteiger partial charge is 0.313 e. The second kappa shape index (κ2) is 6.15. The van der Waals surface area contributed by atoms with Crippen LogP contribution in [0.4, 0.5) is 0 Å². The van der Waals surface area contributed by atoms with Gasteiger partial charge in [-0.15, -0.1) is 0 Å². The molecule has 0 aliphatic heterocycles. The van der Waals surface area contributed by atoms with E-state index in [0.29, 0.717) is 17.4 Å². The fourth-order valence-electron chi connectivity index (χ4n) is 3.25. The summed E-state index contributed by atoms with van der Waals surface area (Å²) < 4.78 is 1.06. The Labute approximate surface area is 130 Å². The van der Waals surface area contributed by atoms with Crippen LogP contribution < -0.4 is 5.32 Å². The number of benzene rings is 1. The third-order valence-electron chi connectivity index (χ3n) is 4.80. The third-order valence-corrected chi connectivity index (χ3v) is 5.62. The first-order valence-corrected chi connectivity index (χ1v) is 8.38. The maximum atomic E-state index is 6.42. The van der Waals surface area contributed by atoms with Gasteiger partial charge < -0.3 is 5.32 Å². The monoisotopic (exact) mass is 343 g/mol. The molecule has 106 valence electrons. The Hall–Kier alpha value is -0.0500. The minimum atomic E-state index is 0.326. The maximum Gasteiger partial charge on any atom is 0.0452 e. The Morgan fingerprint density at radius 3 is 2.74 bits per heavy atom. The van der Waals surface area contributed by atoms with Crippen molar-refractivity contribution in [2.45, 2.75) is 52.0 Å². The molecule has 1 aliphatic rings. The molecule has 3 atom stereocenters. The van der Waals surface area contributed by atoms with Crippen LogP contribution in [0.25, 0.3) is 0 Å². The Morgan fingerprint density at radius 1 is 1.42 bits per heavy atom. The molecule has 1 nitrogen and oxygen atoms in total. The van der Waals surface area contributed by atoms with E-state index < -0.39 is 0 Å². The number of hydrogen-bond donors (Lipinski definition) is 1. The molecule has 1 saturated carbocycles. The van der Waals surface area contributed by atoms with Gasteiger partial charge in [0.2, 0.25) is 0 Å². The van der Waals surface area contributed by atoms with Crippen molar-refractivity contribution in [2.24, 2.45) is 5.41 Å². The highest BCUT2D eigenvalue weighted by Crippen LogP contribution is 2.56. The van der Waals surface area contributed by atoms with Crippen molar-refractivity contribution in [1.82, 2.24) is 5.32 Å². The molecule has 0 heterocycles. The van der Waals surface area contributed by atoms with Crippen LogP contribution in [0.5, 0.6) is 0 Å². The highest BCUT2D eigenvalue weighted by molar-refractivity contribution is 9.10. The summed E-state index contributed by atoms with van der Waals surface area (Å²) in [6.07, 6.45) is 3.58. The van der Waals surface area contributed by atoms with Gasteiger partial charge in [0.1, 0.15) is 0 Å². The average molecular weight is 345 g/mol. The molecular weight excluding hydrogens is 322 g/mol. The molecule has 3 unspecified atom stereocenters. The Balaban J connectivity index is 2.18. The zero-order valence-corrected chi connectivity index (χ0v) is 14.3. The summed E-state index contributed by atoms with van der Waals surface area (Å²) >= 11 is 9.90. The lowest BCUT2D eigenvalue weighted by atomic mass is 9.54. The minimum absolute atomic E-state index is 0.326. The molecule has 2 rings (SSSR count). The molecule has 0 aromatic heterocycles. The number of halogens is 2. The van der Waals surface area contributed by atoms with Crippen molar-refractivity contribution in [3.05, 3.63) is 33.3 Å². The van der Waals surface area contributed by atoms with Crippen LogP contribution in [0.2, 0.25) is 5.02 Å². The fourth-order valence-corrected chi connectivity index (χ4v) is 4.06. The molecule has 0 radical (unpaired) electrons. The van der Waals surface area contributed by atoms with Crippen molar-refractivity contribution in [3.8, 4) is 0 Å². The molecular formula is C16H23BrClN. The van der Waals surface area contributed by atoms with Crippen LogP contribution in [0.3, 0.4) is 0 Å². The molecule has 1 N–H and O–H groups in total. The third kappa shape index (κ3) is 2.86. The average Bonchev–Trinajstić information content (AvgIpc) is 2.38.